The van der Waals surface area contributed by atoms with E-state index in [4.69, 9.17) is 9.47 Å². The van der Waals surface area contributed by atoms with Crippen LogP contribution in [-0.2, 0) is 20.6 Å². The summed E-state index contributed by atoms with van der Waals surface area (Å²) in [5.74, 6) is 0.582. The van der Waals surface area contributed by atoms with Gasteiger partial charge in [-0.3, -0.25) is 4.79 Å². The van der Waals surface area contributed by atoms with Gasteiger partial charge in [-0.25, -0.2) is 12.7 Å². The molecule has 2 aromatic carbocycles. The zero-order valence-electron chi connectivity index (χ0n) is 16.6. The van der Waals surface area contributed by atoms with E-state index in [2.05, 4.69) is 0 Å². The van der Waals surface area contributed by atoms with E-state index in [0.29, 0.717) is 38.3 Å². The number of esters is 1. The average molecular weight is 418 g/mol. The van der Waals surface area contributed by atoms with Gasteiger partial charge in [0.05, 0.1) is 18.3 Å². The van der Waals surface area contributed by atoms with Gasteiger partial charge in [-0.1, -0.05) is 37.3 Å². The van der Waals surface area contributed by atoms with Gasteiger partial charge in [-0.15, -0.1) is 0 Å². The van der Waals surface area contributed by atoms with Crippen LogP contribution in [0.2, 0.25) is 0 Å². The minimum absolute atomic E-state index is 0.0184. The van der Waals surface area contributed by atoms with Crippen molar-refractivity contribution >= 4 is 16.0 Å². The van der Waals surface area contributed by atoms with E-state index in [1.807, 2.05) is 25.1 Å². The van der Waals surface area contributed by atoms with Crippen molar-refractivity contribution in [1.82, 2.24) is 4.31 Å². The van der Waals surface area contributed by atoms with Crippen LogP contribution in [0.25, 0.3) is 0 Å². The molecule has 1 aliphatic rings. The Morgan fingerprint density at radius 1 is 1.00 bits per heavy atom. The number of piperidine rings is 1. The molecule has 1 fully saturated rings. The van der Waals surface area contributed by atoms with E-state index in [1.165, 1.54) is 4.31 Å². The molecule has 1 saturated heterocycles. The van der Waals surface area contributed by atoms with Crippen molar-refractivity contribution in [2.45, 2.75) is 31.9 Å². The number of carbonyl (C=O) groups excluding carboxylic acids is 1. The standard InChI is InChI=1S/C22H27NO5S/c1-2-16-27-20-8-10-21(11-9-20)28-22(24)19-12-14-23(15-13-19)29(25,26)17-18-6-4-3-5-7-18/h3-11,19H,2,12-17H2,1H3. The van der Waals surface area contributed by atoms with Gasteiger partial charge in [0.2, 0.25) is 10.0 Å². The number of sulfonamides is 1. The second kappa shape index (κ2) is 9.89. The maximum absolute atomic E-state index is 12.6. The molecule has 156 valence electrons. The van der Waals surface area contributed by atoms with Gasteiger partial charge in [0, 0.05) is 13.1 Å². The maximum atomic E-state index is 12.6. The number of ether oxygens (including phenoxy) is 2. The molecule has 0 spiro atoms. The van der Waals surface area contributed by atoms with Crippen LogP contribution in [0.1, 0.15) is 31.7 Å². The third kappa shape index (κ3) is 6.05. The van der Waals surface area contributed by atoms with Crippen LogP contribution < -0.4 is 9.47 Å². The Balaban J connectivity index is 1.50. The first-order valence-corrected chi connectivity index (χ1v) is 11.5. The monoisotopic (exact) mass is 417 g/mol. The van der Waals surface area contributed by atoms with Gasteiger partial charge in [-0.2, -0.15) is 0 Å². The highest BCUT2D eigenvalue weighted by atomic mass is 32.2. The van der Waals surface area contributed by atoms with Crippen molar-refractivity contribution in [3.63, 3.8) is 0 Å². The normalized spacial score (nSPS) is 15.8. The van der Waals surface area contributed by atoms with E-state index in [9.17, 15) is 13.2 Å². The number of hydrogen-bond donors (Lipinski definition) is 0. The van der Waals surface area contributed by atoms with Gasteiger partial charge in [0.1, 0.15) is 11.5 Å². The molecule has 0 aliphatic carbocycles. The second-order valence-corrected chi connectivity index (χ2v) is 9.13. The Morgan fingerprint density at radius 2 is 1.62 bits per heavy atom. The molecule has 0 amide bonds. The Labute approximate surface area is 172 Å². The molecule has 0 unspecified atom stereocenters. The molecule has 2 aromatic rings. The SMILES string of the molecule is CCCOc1ccc(OC(=O)C2CCN(S(=O)(=O)Cc3ccccc3)CC2)cc1. The smallest absolute Gasteiger partial charge is 0.314 e. The van der Waals surface area contributed by atoms with E-state index in [-0.39, 0.29) is 17.6 Å². The van der Waals surface area contributed by atoms with Gasteiger partial charge >= 0.3 is 5.97 Å². The zero-order valence-corrected chi connectivity index (χ0v) is 17.4. The van der Waals surface area contributed by atoms with Crippen molar-refractivity contribution in [3.05, 3.63) is 60.2 Å². The van der Waals surface area contributed by atoms with Crippen molar-refractivity contribution in [3.8, 4) is 11.5 Å². The molecule has 1 aliphatic heterocycles. The van der Waals surface area contributed by atoms with Crippen molar-refractivity contribution in [1.29, 1.82) is 0 Å². The molecule has 7 heteroatoms. The summed E-state index contributed by atoms with van der Waals surface area (Å²) in [6.07, 6.45) is 1.85. The first-order chi connectivity index (χ1) is 14.0. The summed E-state index contributed by atoms with van der Waals surface area (Å²) in [6, 6.07) is 16.1. The van der Waals surface area contributed by atoms with Crippen LogP contribution in [0.4, 0.5) is 0 Å². The Morgan fingerprint density at radius 3 is 2.24 bits per heavy atom. The van der Waals surface area contributed by atoms with E-state index < -0.39 is 10.0 Å². The van der Waals surface area contributed by atoms with E-state index in [0.717, 1.165) is 17.7 Å². The highest BCUT2D eigenvalue weighted by Gasteiger charge is 2.32. The molecule has 0 saturated carbocycles. The van der Waals surface area contributed by atoms with Crippen LogP contribution in [0.15, 0.2) is 54.6 Å². The van der Waals surface area contributed by atoms with Crippen LogP contribution in [0, 0.1) is 5.92 Å². The lowest BCUT2D eigenvalue weighted by atomic mass is 9.98. The summed E-state index contributed by atoms with van der Waals surface area (Å²) in [5.41, 5.74) is 0.764. The average Bonchev–Trinajstić information content (AvgIpc) is 2.74. The fraction of sp³-hybridized carbons (Fsp3) is 0.409. The molecule has 3 rings (SSSR count). The van der Waals surface area contributed by atoms with E-state index >= 15 is 0 Å². The fourth-order valence-electron chi connectivity index (χ4n) is 3.27. The molecular formula is C22H27NO5S. The Kier molecular flexibility index (Phi) is 7.28. The van der Waals surface area contributed by atoms with Gasteiger partial charge in [0.15, 0.2) is 0 Å². The summed E-state index contributed by atoms with van der Waals surface area (Å²) in [4.78, 5) is 12.5. The lowest BCUT2D eigenvalue weighted by molar-refractivity contribution is -0.140. The summed E-state index contributed by atoms with van der Waals surface area (Å²) in [7, 11) is -3.39. The highest BCUT2D eigenvalue weighted by Crippen LogP contribution is 2.25. The molecular weight excluding hydrogens is 390 g/mol. The first-order valence-electron chi connectivity index (χ1n) is 9.94. The molecule has 29 heavy (non-hydrogen) atoms. The highest BCUT2D eigenvalue weighted by molar-refractivity contribution is 7.88. The summed E-state index contributed by atoms with van der Waals surface area (Å²) in [6.45, 7) is 3.34. The molecule has 0 N–H and O–H groups in total. The molecule has 6 nitrogen and oxygen atoms in total. The predicted molar refractivity (Wildman–Crippen MR) is 111 cm³/mol. The predicted octanol–water partition coefficient (Wildman–Crippen LogP) is 3.62. The molecule has 1 heterocycles. The van der Waals surface area contributed by atoms with Crippen molar-refractivity contribution < 1.29 is 22.7 Å². The van der Waals surface area contributed by atoms with Gasteiger partial charge in [-0.05, 0) is 49.1 Å². The number of nitrogens with zero attached hydrogens (tertiary/aromatic N) is 1. The minimum atomic E-state index is -3.39. The molecule has 0 bridgehead atoms. The fourth-order valence-corrected chi connectivity index (χ4v) is 4.83. The van der Waals surface area contributed by atoms with Crippen LogP contribution in [-0.4, -0.2) is 38.4 Å². The minimum Gasteiger partial charge on any atom is -0.494 e. The number of hydrogen-bond acceptors (Lipinski definition) is 5. The number of rotatable bonds is 8. The van der Waals surface area contributed by atoms with Crippen LogP contribution >= 0.6 is 0 Å². The number of carbonyl (C=O) groups is 1. The topological polar surface area (TPSA) is 72.9 Å². The van der Waals surface area contributed by atoms with Crippen molar-refractivity contribution in [2.24, 2.45) is 5.92 Å². The summed E-state index contributed by atoms with van der Waals surface area (Å²) >= 11 is 0. The maximum Gasteiger partial charge on any atom is 0.314 e. The van der Waals surface area contributed by atoms with Gasteiger partial charge in [0.25, 0.3) is 0 Å². The van der Waals surface area contributed by atoms with Crippen LogP contribution in [0.3, 0.4) is 0 Å². The lowest BCUT2D eigenvalue weighted by Crippen LogP contribution is -2.41. The largest absolute Gasteiger partial charge is 0.494 e. The Hall–Kier alpha value is -2.38. The quantitative estimate of drug-likeness (QED) is 0.484. The lowest BCUT2D eigenvalue weighted by Gasteiger charge is -2.30. The third-order valence-electron chi connectivity index (χ3n) is 4.89. The van der Waals surface area contributed by atoms with Gasteiger partial charge < -0.3 is 9.47 Å². The Bertz CT molecular complexity index is 889. The third-order valence-corrected chi connectivity index (χ3v) is 6.74. The molecule has 0 aromatic heterocycles. The molecule has 0 radical (unpaired) electrons. The van der Waals surface area contributed by atoms with Crippen LogP contribution in [0.5, 0.6) is 11.5 Å². The summed E-state index contributed by atoms with van der Waals surface area (Å²) < 4.78 is 37.7. The number of benzene rings is 2. The first kappa shape index (κ1) is 21.3. The van der Waals surface area contributed by atoms with Crippen molar-refractivity contribution in [2.75, 3.05) is 19.7 Å². The second-order valence-electron chi connectivity index (χ2n) is 7.16. The zero-order chi connectivity index (χ0) is 20.7. The summed E-state index contributed by atoms with van der Waals surface area (Å²) in [5, 5.41) is 0. The van der Waals surface area contributed by atoms with E-state index in [1.54, 1.807) is 36.4 Å². The molecule has 0 atom stereocenters.